The number of likely N-dealkylation sites (tertiary alicyclic amines) is 1. The molecule has 2 aliphatic carbocycles. The van der Waals surface area contributed by atoms with Gasteiger partial charge in [-0.3, -0.25) is 24.0 Å². The van der Waals surface area contributed by atoms with Gasteiger partial charge in [-0.05, 0) is 87.6 Å². The first-order chi connectivity index (χ1) is 25.6. The summed E-state index contributed by atoms with van der Waals surface area (Å²) in [6.07, 6.45) is 8.53. The third kappa shape index (κ3) is 8.98. The molecule has 2 aliphatic heterocycles. The molecular formula is C36H50N8O8S2. The molecule has 4 aliphatic rings. The molecule has 1 aromatic heterocycles. The maximum atomic E-state index is 14.8. The highest BCUT2D eigenvalue weighted by molar-refractivity contribution is 7.99. The molecule has 2 saturated carbocycles. The number of benzene rings is 1. The molecule has 4 amide bonds. The Kier molecular flexibility index (Phi) is 11.9. The molecule has 2 saturated heterocycles. The molecule has 6 rings (SSSR count). The number of carbonyl (C=O) groups excluding carboxylic acids is 5. The number of rotatable bonds is 14. The van der Waals surface area contributed by atoms with E-state index in [4.69, 9.17) is 5.73 Å². The summed E-state index contributed by atoms with van der Waals surface area (Å²) in [5.74, 6) is -2.61. The van der Waals surface area contributed by atoms with Crippen LogP contribution in [0.25, 0.3) is 0 Å². The monoisotopic (exact) mass is 786 g/mol. The van der Waals surface area contributed by atoms with Crippen molar-refractivity contribution in [1.82, 2.24) is 35.2 Å². The summed E-state index contributed by atoms with van der Waals surface area (Å²) in [6.45, 7) is 3.13. The first kappa shape index (κ1) is 39.8. The molecule has 2 unspecified atom stereocenters. The minimum absolute atomic E-state index is 0.0203. The van der Waals surface area contributed by atoms with Crippen molar-refractivity contribution in [3.8, 4) is 0 Å². The fourth-order valence-electron chi connectivity index (χ4n) is 7.81. The van der Waals surface area contributed by atoms with Crippen molar-refractivity contribution in [2.45, 2.75) is 125 Å². The highest BCUT2D eigenvalue weighted by atomic mass is 32.2. The first-order valence-corrected chi connectivity index (χ1v) is 21.3. The van der Waals surface area contributed by atoms with Crippen molar-refractivity contribution in [3.05, 3.63) is 41.7 Å². The number of hydrogen-bond acceptors (Lipinski definition) is 11. The molecule has 4 fully saturated rings. The standard InChI is InChI=1S/C36H50N8O8S2/c1-35(2,50)29-20-38-42-44(29)25-19-28(33(48)40-36(30(45)31(37)46)14-16-53-17-15-36)43(21-25)34(49)27(18-22-6-4-3-5-7-22)39-32(47)23-8-12-26(13-9-23)54(51,52)41-24-10-11-24/h8-9,12-13,20,22,24-25,27-28,41,50H,3-7,10-11,14-19,21H2,1-2H3,(H2,37,46)(H,39,47)(H,40,48)/t25?,27-,28?/m1/s1. The third-order valence-corrected chi connectivity index (χ3v) is 13.5. The quantitative estimate of drug-likeness (QED) is 0.171. The zero-order valence-corrected chi connectivity index (χ0v) is 32.3. The number of carbonyl (C=O) groups is 5. The van der Waals surface area contributed by atoms with Gasteiger partial charge in [-0.25, -0.2) is 17.8 Å². The van der Waals surface area contributed by atoms with E-state index in [-0.39, 0.29) is 48.2 Å². The van der Waals surface area contributed by atoms with Crippen molar-refractivity contribution in [3.63, 3.8) is 0 Å². The zero-order valence-electron chi connectivity index (χ0n) is 30.7. The van der Waals surface area contributed by atoms with E-state index in [1.165, 1.54) is 40.0 Å². The Morgan fingerprint density at radius 2 is 1.70 bits per heavy atom. The fourth-order valence-corrected chi connectivity index (χ4v) is 10.3. The molecular weight excluding hydrogens is 737 g/mol. The van der Waals surface area contributed by atoms with Gasteiger partial charge in [0.25, 0.3) is 11.8 Å². The smallest absolute Gasteiger partial charge is 0.287 e. The number of nitrogens with one attached hydrogen (secondary N) is 3. The number of thioether (sulfide) groups is 1. The van der Waals surface area contributed by atoms with Crippen molar-refractivity contribution in [2.75, 3.05) is 18.1 Å². The van der Waals surface area contributed by atoms with Gasteiger partial charge in [0.2, 0.25) is 27.6 Å². The van der Waals surface area contributed by atoms with Crippen LogP contribution >= 0.6 is 11.8 Å². The van der Waals surface area contributed by atoms with Gasteiger partial charge >= 0.3 is 0 Å². The predicted molar refractivity (Wildman–Crippen MR) is 198 cm³/mol. The van der Waals surface area contributed by atoms with Gasteiger partial charge in [-0.2, -0.15) is 11.8 Å². The molecule has 0 bridgehead atoms. The molecule has 2 aromatic rings. The topological polar surface area (TPSA) is 236 Å². The highest BCUT2D eigenvalue weighted by Crippen LogP contribution is 2.35. The molecule has 16 nitrogen and oxygen atoms in total. The maximum Gasteiger partial charge on any atom is 0.287 e. The van der Waals surface area contributed by atoms with Gasteiger partial charge in [0, 0.05) is 24.6 Å². The van der Waals surface area contributed by atoms with Crippen LogP contribution in [0, 0.1) is 5.92 Å². The van der Waals surface area contributed by atoms with Gasteiger partial charge in [0.1, 0.15) is 23.2 Å². The number of Topliss-reactive ketones (excluding diaryl/α,β-unsaturated/α-hetero) is 1. The summed E-state index contributed by atoms with van der Waals surface area (Å²) in [5.41, 5.74) is 3.11. The van der Waals surface area contributed by atoms with Crippen LogP contribution in [0.1, 0.15) is 107 Å². The van der Waals surface area contributed by atoms with E-state index in [0.717, 1.165) is 44.9 Å². The molecule has 1 aromatic carbocycles. The summed E-state index contributed by atoms with van der Waals surface area (Å²) in [4.78, 5) is 69.7. The summed E-state index contributed by atoms with van der Waals surface area (Å²) >= 11 is 1.59. The number of aromatic nitrogens is 3. The normalized spacial score (nSPS) is 22.7. The Morgan fingerprint density at radius 1 is 1.04 bits per heavy atom. The number of hydrogen-bond donors (Lipinski definition) is 5. The number of sulfonamides is 1. The van der Waals surface area contributed by atoms with Crippen molar-refractivity contribution < 1.29 is 37.5 Å². The number of aliphatic hydroxyl groups is 1. The summed E-state index contributed by atoms with van der Waals surface area (Å²) < 4.78 is 29.6. The number of nitrogens with two attached hydrogens (primary N) is 1. The van der Waals surface area contributed by atoms with E-state index in [0.29, 0.717) is 23.6 Å². The summed E-state index contributed by atoms with van der Waals surface area (Å²) in [7, 11) is -3.74. The molecule has 0 radical (unpaired) electrons. The lowest BCUT2D eigenvalue weighted by Gasteiger charge is -2.37. The van der Waals surface area contributed by atoms with Crippen LogP contribution in [0.5, 0.6) is 0 Å². The van der Waals surface area contributed by atoms with Gasteiger partial charge in [0.05, 0.1) is 22.8 Å². The molecule has 3 heterocycles. The first-order valence-electron chi connectivity index (χ1n) is 18.7. The van der Waals surface area contributed by atoms with Gasteiger partial charge in [-0.1, -0.05) is 37.3 Å². The number of ketones is 1. The minimum atomic E-state index is -3.74. The maximum absolute atomic E-state index is 14.8. The SMILES string of the molecule is CC(C)(O)c1cnnn1C1CC(C(=O)NC2(C(=O)C(N)=O)CCSCC2)N(C(=O)[C@@H](CC2CCCCC2)NC(=O)c2ccc(S(=O)(=O)NC3CC3)cc2)C1. The van der Waals surface area contributed by atoms with Gasteiger partial charge in [-0.15, -0.1) is 5.10 Å². The Bertz CT molecular complexity index is 1850. The van der Waals surface area contributed by atoms with E-state index >= 15 is 0 Å². The third-order valence-electron chi connectivity index (χ3n) is 11.0. The molecule has 18 heteroatoms. The van der Waals surface area contributed by atoms with Crippen molar-refractivity contribution in [2.24, 2.45) is 11.7 Å². The van der Waals surface area contributed by atoms with Gasteiger partial charge in [0.15, 0.2) is 0 Å². The number of amides is 4. The molecule has 54 heavy (non-hydrogen) atoms. The Morgan fingerprint density at radius 3 is 2.31 bits per heavy atom. The lowest BCUT2D eigenvalue weighted by Crippen LogP contribution is -2.63. The second-order valence-corrected chi connectivity index (χ2v) is 18.5. The lowest BCUT2D eigenvalue weighted by atomic mass is 9.84. The second kappa shape index (κ2) is 16.1. The molecule has 6 N–H and O–H groups in total. The van der Waals surface area contributed by atoms with Crippen LogP contribution < -0.4 is 21.1 Å². The Balaban J connectivity index is 1.30. The van der Waals surface area contributed by atoms with Crippen LogP contribution in [0.4, 0.5) is 0 Å². The Labute approximate surface area is 319 Å². The lowest BCUT2D eigenvalue weighted by molar-refractivity contribution is -0.145. The van der Waals surface area contributed by atoms with E-state index in [1.807, 2.05) is 0 Å². The summed E-state index contributed by atoms with van der Waals surface area (Å²) in [5, 5.41) is 24.8. The largest absolute Gasteiger partial charge is 0.384 e. The van der Waals surface area contributed by atoms with E-state index in [2.05, 4.69) is 25.7 Å². The number of primary amides is 1. The van der Waals surface area contributed by atoms with Crippen molar-refractivity contribution >= 4 is 51.2 Å². The van der Waals surface area contributed by atoms with Crippen LogP contribution in [0.2, 0.25) is 0 Å². The van der Waals surface area contributed by atoms with Gasteiger partial charge < -0.3 is 26.4 Å². The average Bonchev–Trinajstić information content (AvgIpc) is 3.59. The van der Waals surface area contributed by atoms with Crippen LogP contribution in [-0.4, -0.2) is 105 Å². The predicted octanol–water partition coefficient (Wildman–Crippen LogP) is 1.29. The van der Waals surface area contributed by atoms with Crippen molar-refractivity contribution in [1.29, 1.82) is 0 Å². The highest BCUT2D eigenvalue weighted by Gasteiger charge is 2.49. The molecule has 0 spiro atoms. The fraction of sp³-hybridized carbons (Fsp3) is 0.639. The Hall–Kier alpha value is -3.87. The van der Waals surface area contributed by atoms with Crippen LogP contribution in [0.15, 0.2) is 35.4 Å². The van der Waals surface area contributed by atoms with Crippen LogP contribution in [-0.2, 0) is 34.8 Å². The van der Waals surface area contributed by atoms with E-state index < -0.39 is 68.7 Å². The molecule has 3 atom stereocenters. The van der Waals surface area contributed by atoms with E-state index in [1.54, 1.807) is 25.6 Å². The van der Waals surface area contributed by atoms with Crippen LogP contribution in [0.3, 0.4) is 0 Å². The van der Waals surface area contributed by atoms with E-state index in [9.17, 15) is 37.5 Å². The number of nitrogens with zero attached hydrogens (tertiary/aromatic N) is 4. The second-order valence-electron chi connectivity index (χ2n) is 15.6. The zero-order chi connectivity index (χ0) is 38.8. The average molecular weight is 787 g/mol. The minimum Gasteiger partial charge on any atom is -0.384 e. The summed E-state index contributed by atoms with van der Waals surface area (Å²) in [6, 6.07) is 2.64. The molecule has 294 valence electrons.